The molecule has 94 valence electrons. The summed E-state index contributed by atoms with van der Waals surface area (Å²) in [5.74, 6) is -1.19. The summed E-state index contributed by atoms with van der Waals surface area (Å²) in [7, 11) is 0. The first kappa shape index (κ1) is 12.6. The van der Waals surface area contributed by atoms with Gasteiger partial charge in [-0.05, 0) is 6.07 Å². The first-order valence-electron chi connectivity index (χ1n) is 4.75. The van der Waals surface area contributed by atoms with Crippen LogP contribution in [0.1, 0.15) is 15.4 Å². The number of hydrogen-bond acceptors (Lipinski definition) is 3. The van der Waals surface area contributed by atoms with Crippen LogP contribution in [0, 0.1) is 0 Å². The maximum absolute atomic E-state index is 12.4. The number of alkyl halides is 3. The van der Waals surface area contributed by atoms with Gasteiger partial charge in [0.05, 0.1) is 10.4 Å². The summed E-state index contributed by atoms with van der Waals surface area (Å²) in [6.07, 6.45) is -3.48. The topological polar surface area (TPSA) is 50.2 Å². The fraction of sp³-hybridized carbons (Fsp3) is 0.0909. The summed E-state index contributed by atoms with van der Waals surface area (Å²) >= 11 is 0.425. The molecular formula is C11H6F3NO2S. The molecular weight excluding hydrogens is 267 g/mol. The number of thiazole rings is 1. The van der Waals surface area contributed by atoms with Crippen LogP contribution >= 0.6 is 11.3 Å². The lowest BCUT2D eigenvalue weighted by molar-refractivity contribution is -0.137. The predicted molar refractivity (Wildman–Crippen MR) is 59.5 cm³/mol. The van der Waals surface area contributed by atoms with Gasteiger partial charge in [0.25, 0.3) is 0 Å². The summed E-state index contributed by atoms with van der Waals surface area (Å²) in [5, 5.41) is 7.97. The van der Waals surface area contributed by atoms with E-state index in [0.717, 1.165) is 6.20 Å². The highest BCUT2D eigenvalue weighted by molar-refractivity contribution is 7.15. The van der Waals surface area contributed by atoms with Gasteiger partial charge in [-0.1, -0.05) is 18.2 Å². The number of benzene rings is 1. The van der Waals surface area contributed by atoms with Crippen LogP contribution < -0.4 is 0 Å². The van der Waals surface area contributed by atoms with Crippen LogP contribution in [0.4, 0.5) is 13.2 Å². The normalized spacial score (nSPS) is 11.5. The van der Waals surface area contributed by atoms with Crippen molar-refractivity contribution in [1.29, 1.82) is 0 Å². The number of nitrogens with zero attached hydrogens (tertiary/aromatic N) is 1. The van der Waals surface area contributed by atoms with Gasteiger partial charge in [0.2, 0.25) is 0 Å². The van der Waals surface area contributed by atoms with Crippen molar-refractivity contribution < 1.29 is 23.1 Å². The molecule has 0 spiro atoms. The minimum Gasteiger partial charge on any atom is -0.478 e. The van der Waals surface area contributed by atoms with E-state index >= 15 is 0 Å². The van der Waals surface area contributed by atoms with E-state index in [2.05, 4.69) is 4.98 Å². The van der Waals surface area contributed by atoms with Crippen LogP contribution in [0.2, 0.25) is 0 Å². The third-order valence-electron chi connectivity index (χ3n) is 2.17. The maximum Gasteiger partial charge on any atom is 0.443 e. The van der Waals surface area contributed by atoms with Crippen molar-refractivity contribution in [1.82, 2.24) is 4.98 Å². The summed E-state index contributed by atoms with van der Waals surface area (Å²) in [4.78, 5) is 14.4. The standard InChI is InChI=1S/C11H6F3NO2S/c12-11(13,14)10-15-5-8(18-10)6-3-1-2-4-7(6)9(16)17/h1-5H,(H,16,17). The Hall–Kier alpha value is -1.89. The second kappa shape index (κ2) is 4.41. The number of aromatic carboxylic acids is 1. The molecule has 7 heteroatoms. The molecule has 0 fully saturated rings. The van der Waals surface area contributed by atoms with Gasteiger partial charge < -0.3 is 5.11 Å². The number of aromatic nitrogens is 1. The van der Waals surface area contributed by atoms with E-state index in [9.17, 15) is 18.0 Å². The van der Waals surface area contributed by atoms with Crippen molar-refractivity contribution in [3.05, 3.63) is 41.0 Å². The second-order valence-electron chi connectivity index (χ2n) is 3.38. The Balaban J connectivity index is 2.50. The lowest BCUT2D eigenvalue weighted by Crippen LogP contribution is -2.02. The Morgan fingerprint density at radius 3 is 2.50 bits per heavy atom. The Kier molecular flexibility index (Phi) is 3.08. The Bertz CT molecular complexity index is 592. The molecule has 2 aromatic rings. The second-order valence-corrected chi connectivity index (χ2v) is 4.41. The van der Waals surface area contributed by atoms with E-state index in [1.54, 1.807) is 6.07 Å². The van der Waals surface area contributed by atoms with E-state index in [-0.39, 0.29) is 16.0 Å². The van der Waals surface area contributed by atoms with E-state index < -0.39 is 17.2 Å². The molecule has 18 heavy (non-hydrogen) atoms. The third kappa shape index (κ3) is 2.35. The van der Waals surface area contributed by atoms with Gasteiger partial charge in [-0.15, -0.1) is 11.3 Å². The fourth-order valence-corrected chi connectivity index (χ4v) is 2.24. The number of halogens is 3. The molecule has 0 saturated heterocycles. The van der Waals surface area contributed by atoms with Gasteiger partial charge in [-0.3, -0.25) is 0 Å². The number of rotatable bonds is 2. The fourth-order valence-electron chi connectivity index (χ4n) is 1.41. The predicted octanol–water partition coefficient (Wildman–Crippen LogP) is 3.53. The number of carbonyl (C=O) groups is 1. The molecule has 0 unspecified atom stereocenters. The molecule has 0 aliphatic carbocycles. The molecule has 0 atom stereocenters. The highest BCUT2D eigenvalue weighted by atomic mass is 32.1. The molecule has 0 bridgehead atoms. The van der Waals surface area contributed by atoms with Crippen LogP contribution in [0.15, 0.2) is 30.5 Å². The van der Waals surface area contributed by atoms with E-state index in [1.165, 1.54) is 18.2 Å². The minimum absolute atomic E-state index is 0.0464. The first-order chi connectivity index (χ1) is 8.39. The van der Waals surface area contributed by atoms with E-state index in [1.807, 2.05) is 0 Å². The van der Waals surface area contributed by atoms with Crippen molar-refractivity contribution in [3.8, 4) is 10.4 Å². The SMILES string of the molecule is O=C(O)c1ccccc1-c1cnc(C(F)(F)F)s1. The van der Waals surface area contributed by atoms with Crippen molar-refractivity contribution in [3.63, 3.8) is 0 Å². The molecule has 1 N–H and O–H groups in total. The Morgan fingerprint density at radius 2 is 1.94 bits per heavy atom. The average molecular weight is 273 g/mol. The van der Waals surface area contributed by atoms with Crippen molar-refractivity contribution in [2.24, 2.45) is 0 Å². The van der Waals surface area contributed by atoms with E-state index in [4.69, 9.17) is 5.11 Å². The van der Waals surface area contributed by atoms with Crippen LogP contribution in [0.3, 0.4) is 0 Å². The van der Waals surface area contributed by atoms with Crippen molar-refractivity contribution in [2.45, 2.75) is 6.18 Å². The molecule has 0 aliphatic heterocycles. The number of carboxylic acid groups (broad SMARTS) is 1. The van der Waals surface area contributed by atoms with E-state index in [0.29, 0.717) is 11.3 Å². The zero-order chi connectivity index (χ0) is 13.3. The molecule has 1 aromatic carbocycles. The van der Waals surface area contributed by atoms with Gasteiger partial charge in [0.15, 0.2) is 5.01 Å². The van der Waals surface area contributed by atoms with Gasteiger partial charge >= 0.3 is 12.1 Å². The highest BCUT2D eigenvalue weighted by Crippen LogP contribution is 2.37. The molecule has 1 heterocycles. The molecule has 0 aliphatic rings. The first-order valence-corrected chi connectivity index (χ1v) is 5.57. The van der Waals surface area contributed by atoms with Crippen LogP contribution in [-0.2, 0) is 6.18 Å². The molecule has 0 amide bonds. The molecule has 0 saturated carbocycles. The van der Waals surface area contributed by atoms with Gasteiger partial charge in [0.1, 0.15) is 0 Å². The van der Waals surface area contributed by atoms with Gasteiger partial charge in [-0.25, -0.2) is 9.78 Å². The van der Waals surface area contributed by atoms with Crippen LogP contribution in [-0.4, -0.2) is 16.1 Å². The zero-order valence-corrected chi connectivity index (χ0v) is 9.55. The molecule has 0 radical (unpaired) electrons. The summed E-state index contributed by atoms with van der Waals surface area (Å²) in [5.41, 5.74) is 0.188. The minimum atomic E-state index is -4.51. The molecule has 1 aromatic heterocycles. The summed E-state index contributed by atoms with van der Waals surface area (Å²) < 4.78 is 37.2. The molecule has 3 nitrogen and oxygen atoms in total. The number of hydrogen-bond donors (Lipinski definition) is 1. The lowest BCUT2D eigenvalue weighted by atomic mass is 10.1. The monoisotopic (exact) mass is 273 g/mol. The largest absolute Gasteiger partial charge is 0.478 e. The van der Waals surface area contributed by atoms with Crippen LogP contribution in [0.5, 0.6) is 0 Å². The lowest BCUT2D eigenvalue weighted by Gasteiger charge is -2.02. The maximum atomic E-state index is 12.4. The van der Waals surface area contributed by atoms with Gasteiger partial charge in [0, 0.05) is 11.8 Å². The average Bonchev–Trinajstić information content (AvgIpc) is 2.77. The van der Waals surface area contributed by atoms with Gasteiger partial charge in [-0.2, -0.15) is 13.2 Å². The quantitative estimate of drug-likeness (QED) is 0.910. The summed E-state index contributed by atoms with van der Waals surface area (Å²) in [6.45, 7) is 0. The van der Waals surface area contributed by atoms with Crippen molar-refractivity contribution in [2.75, 3.05) is 0 Å². The number of carboxylic acids is 1. The third-order valence-corrected chi connectivity index (χ3v) is 3.25. The summed E-state index contributed by atoms with van der Waals surface area (Å²) in [6, 6.07) is 5.87. The zero-order valence-electron chi connectivity index (χ0n) is 8.73. The Morgan fingerprint density at radius 1 is 1.28 bits per heavy atom. The Labute approximate surface area is 104 Å². The smallest absolute Gasteiger partial charge is 0.443 e. The highest BCUT2D eigenvalue weighted by Gasteiger charge is 2.34. The molecule has 2 rings (SSSR count). The van der Waals surface area contributed by atoms with Crippen molar-refractivity contribution >= 4 is 17.3 Å². The van der Waals surface area contributed by atoms with Crippen LogP contribution in [0.25, 0.3) is 10.4 Å².